The molecule has 2 aromatic rings. The van der Waals surface area contributed by atoms with Crippen molar-refractivity contribution in [1.82, 2.24) is 9.62 Å². The number of thioether (sulfide) groups is 1. The van der Waals surface area contributed by atoms with E-state index in [1.54, 1.807) is 34.3 Å². The third-order valence-electron chi connectivity index (χ3n) is 4.19. The van der Waals surface area contributed by atoms with Crippen molar-refractivity contribution in [2.45, 2.75) is 22.6 Å². The summed E-state index contributed by atoms with van der Waals surface area (Å²) >= 11 is 7.07. The van der Waals surface area contributed by atoms with Crippen molar-refractivity contribution in [2.24, 2.45) is 0 Å². The quantitative estimate of drug-likeness (QED) is 0.405. The predicted octanol–water partition coefficient (Wildman–Crippen LogP) is 3.55. The molecule has 0 atom stereocenters. The van der Waals surface area contributed by atoms with E-state index < -0.39 is 10.0 Å². The molecule has 144 valence electrons. The van der Waals surface area contributed by atoms with Gasteiger partial charge < -0.3 is 10.6 Å². The number of sulfonamides is 1. The Morgan fingerprint density at radius 3 is 2.56 bits per heavy atom. The van der Waals surface area contributed by atoms with E-state index in [1.807, 2.05) is 24.3 Å². The molecule has 0 unspecified atom stereocenters. The summed E-state index contributed by atoms with van der Waals surface area (Å²) in [4.78, 5) is 1.52. The molecule has 0 amide bonds. The maximum atomic E-state index is 12.7. The lowest BCUT2D eigenvalue weighted by Gasteiger charge is -2.16. The minimum Gasteiger partial charge on any atom is -0.362 e. The summed E-state index contributed by atoms with van der Waals surface area (Å²) in [5.74, 6) is 0.884. The molecule has 27 heavy (non-hydrogen) atoms. The molecule has 1 fully saturated rings. The number of hydrogen-bond acceptors (Lipinski definition) is 4. The van der Waals surface area contributed by atoms with Gasteiger partial charge in [-0.25, -0.2) is 8.42 Å². The van der Waals surface area contributed by atoms with Crippen molar-refractivity contribution in [3.05, 3.63) is 54.6 Å². The third kappa shape index (κ3) is 5.68. The summed E-state index contributed by atoms with van der Waals surface area (Å²) in [7, 11) is -3.42. The fourth-order valence-electron chi connectivity index (χ4n) is 2.84. The van der Waals surface area contributed by atoms with E-state index in [4.69, 9.17) is 12.2 Å². The van der Waals surface area contributed by atoms with E-state index >= 15 is 0 Å². The number of hydrogen-bond donors (Lipinski definition) is 2. The lowest BCUT2D eigenvalue weighted by molar-refractivity contribution is 0.477. The number of rotatable bonds is 7. The Kier molecular flexibility index (Phi) is 7.12. The van der Waals surface area contributed by atoms with Gasteiger partial charge in [0.15, 0.2) is 5.11 Å². The highest BCUT2D eigenvalue weighted by Gasteiger charge is 2.27. The van der Waals surface area contributed by atoms with Crippen molar-refractivity contribution in [1.29, 1.82) is 0 Å². The van der Waals surface area contributed by atoms with E-state index in [0.29, 0.717) is 28.8 Å². The zero-order valence-electron chi connectivity index (χ0n) is 14.9. The summed E-state index contributed by atoms with van der Waals surface area (Å²) in [6.07, 6.45) is 1.85. The number of benzene rings is 2. The van der Waals surface area contributed by atoms with Crippen LogP contribution in [0.15, 0.2) is 64.4 Å². The van der Waals surface area contributed by atoms with Crippen molar-refractivity contribution in [2.75, 3.05) is 30.7 Å². The van der Waals surface area contributed by atoms with Crippen LogP contribution < -0.4 is 10.6 Å². The molecular weight excluding hydrogens is 398 g/mol. The molecule has 1 saturated heterocycles. The van der Waals surface area contributed by atoms with Crippen LogP contribution >= 0.6 is 24.0 Å². The van der Waals surface area contributed by atoms with Crippen molar-refractivity contribution < 1.29 is 8.42 Å². The van der Waals surface area contributed by atoms with Gasteiger partial charge in [-0.2, -0.15) is 4.31 Å². The molecule has 3 rings (SSSR count). The Hall–Kier alpha value is -1.61. The van der Waals surface area contributed by atoms with Crippen LogP contribution in [-0.2, 0) is 10.0 Å². The van der Waals surface area contributed by atoms with E-state index in [-0.39, 0.29) is 0 Å². The lowest BCUT2D eigenvalue weighted by Crippen LogP contribution is -2.30. The van der Waals surface area contributed by atoms with Gasteiger partial charge in [0.25, 0.3) is 0 Å². The average molecular weight is 422 g/mol. The monoisotopic (exact) mass is 421 g/mol. The molecule has 2 N–H and O–H groups in total. The largest absolute Gasteiger partial charge is 0.362 e. The first-order chi connectivity index (χ1) is 13.1. The van der Waals surface area contributed by atoms with Gasteiger partial charge in [0.2, 0.25) is 10.0 Å². The molecule has 8 heteroatoms. The second kappa shape index (κ2) is 9.54. The zero-order valence-corrected chi connectivity index (χ0v) is 17.4. The van der Waals surface area contributed by atoms with E-state index in [2.05, 4.69) is 22.8 Å². The first-order valence-corrected chi connectivity index (χ1v) is 11.7. The molecule has 5 nitrogen and oxygen atoms in total. The summed E-state index contributed by atoms with van der Waals surface area (Å²) < 4.78 is 26.9. The topological polar surface area (TPSA) is 61.4 Å². The second-order valence-corrected chi connectivity index (χ2v) is 9.70. The van der Waals surface area contributed by atoms with Crippen LogP contribution in [0.3, 0.4) is 0 Å². The van der Waals surface area contributed by atoms with Crippen LogP contribution in [0.2, 0.25) is 0 Å². The summed E-state index contributed by atoms with van der Waals surface area (Å²) in [5.41, 5.74) is 0.670. The average Bonchev–Trinajstić information content (AvgIpc) is 3.22. The Bertz CT molecular complexity index is 867. The number of nitrogens with one attached hydrogen (secondary N) is 2. The maximum Gasteiger partial charge on any atom is 0.243 e. The van der Waals surface area contributed by atoms with E-state index in [9.17, 15) is 8.42 Å². The van der Waals surface area contributed by atoms with Gasteiger partial charge in [-0.05, 0) is 55.4 Å². The van der Waals surface area contributed by atoms with Crippen molar-refractivity contribution in [3.63, 3.8) is 0 Å². The molecule has 1 aliphatic heterocycles. The molecular formula is C19H23N3O2S3. The number of nitrogens with zero attached hydrogens (tertiary/aromatic N) is 1. The van der Waals surface area contributed by atoms with Crippen molar-refractivity contribution >= 4 is 44.8 Å². The minimum atomic E-state index is -3.42. The van der Waals surface area contributed by atoms with Gasteiger partial charge in [0.05, 0.1) is 4.90 Å². The van der Waals surface area contributed by atoms with Crippen LogP contribution in [0.5, 0.6) is 0 Å². The van der Waals surface area contributed by atoms with Crippen LogP contribution in [0.4, 0.5) is 5.69 Å². The molecule has 0 aromatic heterocycles. The van der Waals surface area contributed by atoms with Gasteiger partial charge >= 0.3 is 0 Å². The first kappa shape index (κ1) is 20.1. The zero-order chi connectivity index (χ0) is 19.1. The van der Waals surface area contributed by atoms with Crippen LogP contribution in [0, 0.1) is 0 Å². The highest BCUT2D eigenvalue weighted by atomic mass is 32.2. The maximum absolute atomic E-state index is 12.7. The van der Waals surface area contributed by atoms with Crippen LogP contribution in [0.25, 0.3) is 0 Å². The predicted molar refractivity (Wildman–Crippen MR) is 116 cm³/mol. The van der Waals surface area contributed by atoms with Crippen LogP contribution in [0.1, 0.15) is 12.8 Å². The smallest absolute Gasteiger partial charge is 0.243 e. The number of anilines is 1. The molecule has 0 radical (unpaired) electrons. The Balaban J connectivity index is 1.51. The molecule has 1 heterocycles. The van der Waals surface area contributed by atoms with Crippen molar-refractivity contribution in [3.8, 4) is 0 Å². The fraction of sp³-hybridized carbons (Fsp3) is 0.316. The Labute approximate surface area is 170 Å². The molecule has 1 aliphatic rings. The molecule has 0 aliphatic carbocycles. The van der Waals surface area contributed by atoms with E-state index in [1.165, 1.54) is 4.90 Å². The SMILES string of the molecule is O=S(=O)(c1cccc(NC(=S)NCCSc2ccccc2)c1)N1CCCC1. The summed E-state index contributed by atoms with van der Waals surface area (Å²) in [6.45, 7) is 1.91. The number of thiocarbonyl (C=S) groups is 1. The van der Waals surface area contributed by atoms with Gasteiger partial charge in [-0.1, -0.05) is 24.3 Å². The fourth-order valence-corrected chi connectivity index (χ4v) is 5.41. The Morgan fingerprint density at radius 2 is 1.81 bits per heavy atom. The molecule has 0 saturated carbocycles. The lowest BCUT2D eigenvalue weighted by atomic mass is 10.3. The third-order valence-corrected chi connectivity index (χ3v) is 7.35. The second-order valence-electron chi connectivity index (χ2n) is 6.18. The Morgan fingerprint density at radius 1 is 1.07 bits per heavy atom. The summed E-state index contributed by atoms with van der Waals surface area (Å²) in [6, 6.07) is 17.0. The first-order valence-electron chi connectivity index (χ1n) is 8.89. The van der Waals surface area contributed by atoms with Gasteiger partial charge in [-0.15, -0.1) is 11.8 Å². The molecule has 0 spiro atoms. The highest BCUT2D eigenvalue weighted by Crippen LogP contribution is 2.23. The highest BCUT2D eigenvalue weighted by molar-refractivity contribution is 7.99. The molecule has 2 aromatic carbocycles. The van der Waals surface area contributed by atoms with Crippen LogP contribution in [-0.4, -0.2) is 43.2 Å². The van der Waals surface area contributed by atoms with Gasteiger partial charge in [-0.3, -0.25) is 0 Å². The minimum absolute atomic E-state index is 0.303. The standard InChI is InChI=1S/C19H23N3O2S3/c23-27(24,22-12-4-5-13-22)18-10-6-7-16(15-18)21-19(25)20-11-14-26-17-8-2-1-3-9-17/h1-3,6-10,15H,4-5,11-14H2,(H2,20,21,25). The molecule has 0 bridgehead atoms. The van der Waals surface area contributed by atoms with Gasteiger partial charge in [0.1, 0.15) is 0 Å². The van der Waals surface area contributed by atoms with E-state index in [0.717, 1.165) is 25.1 Å². The summed E-state index contributed by atoms with van der Waals surface area (Å²) in [5, 5.41) is 6.71. The van der Waals surface area contributed by atoms with Gasteiger partial charge in [0, 0.05) is 36.0 Å². The normalized spacial score (nSPS) is 14.8.